The van der Waals surface area contributed by atoms with Crippen molar-refractivity contribution in [1.29, 1.82) is 0 Å². The Hall–Kier alpha value is -3.13. The first-order valence-corrected chi connectivity index (χ1v) is 11.2. The van der Waals surface area contributed by atoms with Crippen LogP contribution in [0.3, 0.4) is 0 Å². The number of hydrogen-bond acceptors (Lipinski definition) is 5. The molecule has 6 nitrogen and oxygen atoms in total. The predicted octanol–water partition coefficient (Wildman–Crippen LogP) is 6.51. The third-order valence-corrected chi connectivity index (χ3v) is 5.97. The lowest BCUT2D eigenvalue weighted by molar-refractivity contribution is 0.102. The minimum absolute atomic E-state index is 0.220. The summed E-state index contributed by atoms with van der Waals surface area (Å²) in [6, 6.07) is 16.9. The Morgan fingerprint density at radius 3 is 2.53 bits per heavy atom. The van der Waals surface area contributed by atoms with Crippen LogP contribution in [0, 0.1) is 0 Å². The van der Waals surface area contributed by atoms with E-state index in [0.29, 0.717) is 28.0 Å². The van der Waals surface area contributed by atoms with Crippen LogP contribution in [0.5, 0.6) is 5.75 Å². The van der Waals surface area contributed by atoms with E-state index >= 15 is 0 Å². The zero-order valence-electron chi connectivity index (χ0n) is 16.8. The maximum atomic E-state index is 12.9. The van der Waals surface area contributed by atoms with Gasteiger partial charge < -0.3 is 10.1 Å². The molecule has 0 bridgehead atoms. The number of carbonyl (C=O) groups excluding carboxylic acids is 2. The number of ether oxygens (including phenoxy) is 1. The summed E-state index contributed by atoms with van der Waals surface area (Å²) in [6.07, 6.45) is 0. The van der Waals surface area contributed by atoms with E-state index in [2.05, 4.69) is 15.6 Å². The van der Waals surface area contributed by atoms with Crippen molar-refractivity contribution >= 4 is 67.4 Å². The average molecular weight is 486 g/mol. The molecule has 2 amide bonds. The number of nitrogens with one attached hydrogen (secondary N) is 2. The van der Waals surface area contributed by atoms with Crippen LogP contribution in [0.25, 0.3) is 10.2 Å². The summed E-state index contributed by atoms with van der Waals surface area (Å²) >= 11 is 13.4. The van der Waals surface area contributed by atoms with E-state index in [1.54, 1.807) is 30.3 Å². The van der Waals surface area contributed by atoms with Gasteiger partial charge in [0, 0.05) is 5.02 Å². The minimum Gasteiger partial charge on any atom is -0.494 e. The molecule has 162 valence electrons. The van der Waals surface area contributed by atoms with Crippen molar-refractivity contribution in [3.63, 3.8) is 0 Å². The highest BCUT2D eigenvalue weighted by Gasteiger charge is 2.17. The van der Waals surface area contributed by atoms with Crippen molar-refractivity contribution < 1.29 is 14.3 Å². The molecule has 0 aliphatic rings. The molecule has 0 radical (unpaired) electrons. The van der Waals surface area contributed by atoms with E-state index < -0.39 is 11.8 Å². The third-order valence-electron chi connectivity index (χ3n) is 4.49. The summed E-state index contributed by atoms with van der Waals surface area (Å²) in [4.78, 5) is 30.1. The number of rotatable bonds is 6. The average Bonchev–Trinajstić information content (AvgIpc) is 3.15. The normalized spacial score (nSPS) is 10.7. The first-order valence-electron chi connectivity index (χ1n) is 9.64. The van der Waals surface area contributed by atoms with Crippen LogP contribution in [0.15, 0.2) is 60.7 Å². The largest absolute Gasteiger partial charge is 0.494 e. The number of fused-ring (bicyclic) bond motifs is 1. The molecule has 32 heavy (non-hydrogen) atoms. The van der Waals surface area contributed by atoms with E-state index in [1.807, 2.05) is 25.1 Å². The highest BCUT2D eigenvalue weighted by atomic mass is 35.5. The van der Waals surface area contributed by atoms with Gasteiger partial charge in [-0.25, -0.2) is 4.98 Å². The Morgan fingerprint density at radius 2 is 1.75 bits per heavy atom. The Morgan fingerprint density at radius 1 is 0.969 bits per heavy atom. The van der Waals surface area contributed by atoms with Crippen molar-refractivity contribution in [1.82, 2.24) is 4.98 Å². The summed E-state index contributed by atoms with van der Waals surface area (Å²) < 4.78 is 6.41. The second-order valence-electron chi connectivity index (χ2n) is 6.66. The number of carbonyl (C=O) groups is 2. The van der Waals surface area contributed by atoms with Gasteiger partial charge in [-0.05, 0) is 55.5 Å². The maximum Gasteiger partial charge on any atom is 0.259 e. The number of nitrogens with zero attached hydrogens (tertiary/aromatic N) is 1. The number of hydrogen-bond donors (Lipinski definition) is 2. The van der Waals surface area contributed by atoms with Gasteiger partial charge in [-0.2, -0.15) is 0 Å². The highest BCUT2D eigenvalue weighted by Crippen LogP contribution is 2.30. The molecule has 3 aromatic carbocycles. The lowest BCUT2D eigenvalue weighted by Gasteiger charge is -2.11. The fourth-order valence-electron chi connectivity index (χ4n) is 3.03. The fraction of sp³-hybridized carbons (Fsp3) is 0.0870. The predicted molar refractivity (Wildman–Crippen MR) is 130 cm³/mol. The SMILES string of the molecule is CCOc1ccc2nc(NC(=O)c3ccccc3NC(=O)c3ccc(Cl)cc3Cl)sc2c1. The van der Waals surface area contributed by atoms with Gasteiger partial charge in [0.15, 0.2) is 5.13 Å². The van der Waals surface area contributed by atoms with Gasteiger partial charge >= 0.3 is 0 Å². The van der Waals surface area contributed by atoms with Crippen molar-refractivity contribution in [2.45, 2.75) is 6.92 Å². The zero-order valence-corrected chi connectivity index (χ0v) is 19.1. The third kappa shape index (κ3) is 4.85. The number of anilines is 2. The first kappa shape index (κ1) is 22.1. The standard InChI is InChI=1S/C23H17Cl2N3O3S/c1-2-31-14-8-10-19-20(12-14)32-23(27-19)28-22(30)16-5-3-4-6-18(16)26-21(29)15-9-7-13(24)11-17(15)25/h3-12H,2H2,1H3,(H,26,29)(H,27,28,30). The summed E-state index contributed by atoms with van der Waals surface area (Å²) in [7, 11) is 0. The minimum atomic E-state index is -0.449. The number of aromatic nitrogens is 1. The monoisotopic (exact) mass is 485 g/mol. The molecule has 4 aromatic rings. The van der Waals surface area contributed by atoms with Crippen LogP contribution < -0.4 is 15.4 Å². The molecule has 0 aliphatic carbocycles. The molecule has 9 heteroatoms. The molecule has 0 atom stereocenters. The highest BCUT2D eigenvalue weighted by molar-refractivity contribution is 7.22. The molecular weight excluding hydrogens is 469 g/mol. The van der Waals surface area contributed by atoms with Gasteiger partial charge in [0.25, 0.3) is 11.8 Å². The summed E-state index contributed by atoms with van der Waals surface area (Å²) in [5.41, 5.74) is 1.65. The number of amides is 2. The van der Waals surface area contributed by atoms with E-state index in [9.17, 15) is 9.59 Å². The van der Waals surface area contributed by atoms with Crippen LogP contribution in [-0.4, -0.2) is 23.4 Å². The van der Waals surface area contributed by atoms with E-state index in [4.69, 9.17) is 27.9 Å². The van der Waals surface area contributed by atoms with Crippen LogP contribution in [0.2, 0.25) is 10.0 Å². The summed E-state index contributed by atoms with van der Waals surface area (Å²) in [5.74, 6) is -0.0991. The quantitative estimate of drug-likeness (QED) is 0.326. The molecule has 0 saturated carbocycles. The van der Waals surface area contributed by atoms with Gasteiger partial charge in [0.1, 0.15) is 5.75 Å². The van der Waals surface area contributed by atoms with Gasteiger partial charge in [-0.3, -0.25) is 14.9 Å². The molecule has 0 spiro atoms. The smallest absolute Gasteiger partial charge is 0.259 e. The van der Waals surface area contributed by atoms with Crippen molar-refractivity contribution in [3.8, 4) is 5.75 Å². The number of benzene rings is 3. The molecule has 0 aliphatic heterocycles. The lowest BCUT2D eigenvalue weighted by atomic mass is 10.1. The lowest BCUT2D eigenvalue weighted by Crippen LogP contribution is -2.18. The molecule has 0 fully saturated rings. The van der Waals surface area contributed by atoms with Crippen LogP contribution in [0.4, 0.5) is 10.8 Å². The van der Waals surface area contributed by atoms with Crippen molar-refractivity contribution in [2.75, 3.05) is 17.2 Å². The Kier molecular flexibility index (Phi) is 6.60. The maximum absolute atomic E-state index is 12.9. The van der Waals surface area contributed by atoms with Crippen molar-refractivity contribution in [3.05, 3.63) is 81.8 Å². The molecule has 1 heterocycles. The van der Waals surface area contributed by atoms with Crippen LogP contribution in [-0.2, 0) is 0 Å². The molecule has 1 aromatic heterocycles. The Balaban J connectivity index is 1.55. The van der Waals surface area contributed by atoms with Crippen LogP contribution in [0.1, 0.15) is 27.6 Å². The van der Waals surface area contributed by atoms with Gasteiger partial charge in [0.05, 0.1) is 38.7 Å². The number of para-hydroxylation sites is 1. The molecule has 4 rings (SSSR count). The molecule has 2 N–H and O–H groups in total. The van der Waals surface area contributed by atoms with Crippen LogP contribution >= 0.6 is 34.5 Å². The van der Waals surface area contributed by atoms with Gasteiger partial charge in [-0.1, -0.05) is 46.7 Å². The van der Waals surface area contributed by atoms with Gasteiger partial charge in [0.2, 0.25) is 0 Å². The number of halogens is 2. The van der Waals surface area contributed by atoms with E-state index in [0.717, 1.165) is 16.0 Å². The van der Waals surface area contributed by atoms with E-state index in [1.165, 1.54) is 23.5 Å². The number of thiazole rings is 1. The zero-order chi connectivity index (χ0) is 22.7. The summed E-state index contributed by atoms with van der Waals surface area (Å²) in [5, 5.41) is 6.64. The molecule has 0 saturated heterocycles. The Bertz CT molecular complexity index is 1320. The first-order chi connectivity index (χ1) is 15.4. The fourth-order valence-corrected chi connectivity index (χ4v) is 4.42. The topological polar surface area (TPSA) is 80.3 Å². The van der Waals surface area contributed by atoms with Crippen molar-refractivity contribution in [2.24, 2.45) is 0 Å². The van der Waals surface area contributed by atoms with E-state index in [-0.39, 0.29) is 10.6 Å². The molecule has 0 unspecified atom stereocenters. The second kappa shape index (κ2) is 9.56. The van der Waals surface area contributed by atoms with Gasteiger partial charge in [-0.15, -0.1) is 0 Å². The Labute approximate surface area is 198 Å². The second-order valence-corrected chi connectivity index (χ2v) is 8.53. The molecular formula is C23H17Cl2N3O3S. The summed E-state index contributed by atoms with van der Waals surface area (Å²) in [6.45, 7) is 2.48.